The number of hydroxylamine groups is 1. The van der Waals surface area contributed by atoms with Crippen molar-refractivity contribution in [2.75, 3.05) is 18.9 Å². The molecule has 0 saturated carbocycles. The predicted octanol–water partition coefficient (Wildman–Crippen LogP) is 2.88. The molecule has 0 atom stereocenters. The largest absolute Gasteiger partial charge is 0.381 e. The lowest BCUT2D eigenvalue weighted by molar-refractivity contribution is -0.124. The van der Waals surface area contributed by atoms with Crippen LogP contribution in [-0.4, -0.2) is 29.6 Å². The lowest BCUT2D eigenvalue weighted by Gasteiger charge is -2.14. The van der Waals surface area contributed by atoms with E-state index in [9.17, 15) is 4.79 Å². The first-order valence-electron chi connectivity index (χ1n) is 8.26. The van der Waals surface area contributed by atoms with Crippen LogP contribution in [0.15, 0.2) is 54.6 Å². The lowest BCUT2D eigenvalue weighted by Crippen LogP contribution is -2.17. The van der Waals surface area contributed by atoms with Crippen molar-refractivity contribution in [2.45, 2.75) is 13.1 Å². The van der Waals surface area contributed by atoms with E-state index >= 15 is 0 Å². The van der Waals surface area contributed by atoms with Gasteiger partial charge in [0, 0.05) is 24.9 Å². The molecule has 26 heavy (non-hydrogen) atoms. The normalized spacial score (nSPS) is 10.7. The van der Waals surface area contributed by atoms with E-state index in [1.165, 1.54) is 11.6 Å². The Hall–Kier alpha value is -3.07. The van der Waals surface area contributed by atoms with E-state index < -0.39 is 5.91 Å². The Morgan fingerprint density at radius 3 is 2.69 bits per heavy atom. The molecular weight excluding hydrogens is 326 g/mol. The van der Waals surface area contributed by atoms with E-state index in [1.54, 1.807) is 11.6 Å². The molecule has 0 heterocycles. The minimum Gasteiger partial charge on any atom is -0.381 e. The van der Waals surface area contributed by atoms with Crippen LogP contribution in [0.4, 0.5) is 5.69 Å². The number of nitrogens with zero attached hydrogens (tertiary/aromatic N) is 1. The molecule has 0 saturated heterocycles. The summed E-state index contributed by atoms with van der Waals surface area (Å²) in [5.74, 6) is 2.09. The van der Waals surface area contributed by atoms with E-state index in [4.69, 9.17) is 11.6 Å². The Balaban J connectivity index is 1.91. The number of hydrogen-bond acceptors (Lipinski definition) is 4. The third-order valence-corrected chi connectivity index (χ3v) is 3.75. The molecule has 0 aromatic heterocycles. The highest BCUT2D eigenvalue weighted by Crippen LogP contribution is 2.14. The van der Waals surface area contributed by atoms with E-state index in [0.29, 0.717) is 13.1 Å². The molecule has 1 amide bonds. The molecule has 3 N–H and O–H groups in total. The summed E-state index contributed by atoms with van der Waals surface area (Å²) in [5, 5.41) is 11.9. The van der Waals surface area contributed by atoms with Crippen LogP contribution in [0.5, 0.6) is 0 Å². The molecule has 0 unspecified atom stereocenters. The van der Waals surface area contributed by atoms with Crippen LogP contribution in [0.25, 0.3) is 6.08 Å². The molecule has 5 nitrogen and oxygen atoms in total. The molecule has 0 aliphatic carbocycles. The molecule has 0 aliphatic heterocycles. The third kappa shape index (κ3) is 6.44. The van der Waals surface area contributed by atoms with Crippen LogP contribution >= 0.6 is 0 Å². The molecule has 2 aromatic rings. The summed E-state index contributed by atoms with van der Waals surface area (Å²) in [5.41, 5.74) is 5.83. The molecule has 5 heteroatoms. The van der Waals surface area contributed by atoms with Gasteiger partial charge in [0.25, 0.3) is 5.91 Å². The zero-order valence-electron chi connectivity index (χ0n) is 14.8. The highest BCUT2D eigenvalue weighted by Gasteiger charge is 2.01. The van der Waals surface area contributed by atoms with Crippen molar-refractivity contribution in [2.24, 2.45) is 0 Å². The van der Waals surface area contributed by atoms with E-state index in [1.807, 2.05) is 43.4 Å². The Morgan fingerprint density at radius 1 is 1.23 bits per heavy atom. The van der Waals surface area contributed by atoms with E-state index in [0.717, 1.165) is 23.4 Å². The molecule has 0 aliphatic rings. The summed E-state index contributed by atoms with van der Waals surface area (Å²) in [6, 6.07) is 16.1. The average molecular weight is 349 g/mol. The first-order chi connectivity index (χ1) is 12.6. The van der Waals surface area contributed by atoms with Crippen molar-refractivity contribution in [1.82, 2.24) is 10.4 Å². The Kier molecular flexibility index (Phi) is 7.44. The summed E-state index contributed by atoms with van der Waals surface area (Å²) in [6.07, 6.45) is 8.25. The maximum atomic E-state index is 11.0. The van der Waals surface area contributed by atoms with Crippen LogP contribution in [0, 0.1) is 12.3 Å². The highest BCUT2D eigenvalue weighted by molar-refractivity contribution is 5.90. The molecule has 0 bridgehead atoms. The average Bonchev–Trinajstić information content (AvgIpc) is 2.65. The Morgan fingerprint density at radius 2 is 2.00 bits per heavy atom. The fourth-order valence-electron chi connectivity index (χ4n) is 2.46. The number of hydrogen-bond donors (Lipinski definition) is 3. The van der Waals surface area contributed by atoms with Gasteiger partial charge in [-0.1, -0.05) is 42.3 Å². The second-order valence-electron chi connectivity index (χ2n) is 5.98. The van der Waals surface area contributed by atoms with Gasteiger partial charge < -0.3 is 5.32 Å². The zero-order chi connectivity index (χ0) is 18.8. The SMILES string of the molecule is C#CCN(C)Cc1cccc(NCc2ccc(/C=C/C(=O)NO)cc2)c1. The monoisotopic (exact) mass is 349 g/mol. The topological polar surface area (TPSA) is 64.6 Å². The second-order valence-corrected chi connectivity index (χ2v) is 5.98. The molecular formula is C21H23N3O2. The number of amides is 1. The number of anilines is 1. The van der Waals surface area contributed by atoms with Gasteiger partial charge >= 0.3 is 0 Å². The molecule has 2 rings (SSSR count). The van der Waals surface area contributed by atoms with Crippen LogP contribution in [-0.2, 0) is 17.9 Å². The fourth-order valence-corrected chi connectivity index (χ4v) is 2.46. The zero-order valence-corrected chi connectivity index (χ0v) is 14.8. The second kappa shape index (κ2) is 10.0. The van der Waals surface area contributed by atoms with Crippen molar-refractivity contribution < 1.29 is 10.0 Å². The predicted molar refractivity (Wildman–Crippen MR) is 104 cm³/mol. The van der Waals surface area contributed by atoms with Gasteiger partial charge in [0.2, 0.25) is 0 Å². The van der Waals surface area contributed by atoms with Crippen molar-refractivity contribution in [3.05, 3.63) is 71.3 Å². The van der Waals surface area contributed by atoms with Gasteiger partial charge in [-0.3, -0.25) is 14.9 Å². The standard InChI is InChI=1S/C21H23N3O2/c1-3-13-24(2)16-19-5-4-6-20(14-19)22-15-18-9-7-17(8-10-18)11-12-21(25)23-26/h1,4-12,14,22,26H,13,15-16H2,2H3,(H,23,25)/b12-11+. The molecule has 0 radical (unpaired) electrons. The minimum atomic E-state index is -0.552. The van der Waals surface area contributed by atoms with E-state index in [-0.39, 0.29) is 0 Å². The molecule has 0 fully saturated rings. The first kappa shape index (κ1) is 19.3. The van der Waals surface area contributed by atoms with Gasteiger partial charge in [0.1, 0.15) is 0 Å². The summed E-state index contributed by atoms with van der Waals surface area (Å²) >= 11 is 0. The van der Waals surface area contributed by atoms with Crippen LogP contribution in [0.3, 0.4) is 0 Å². The van der Waals surface area contributed by atoms with Gasteiger partial charge in [-0.2, -0.15) is 0 Å². The number of nitrogens with one attached hydrogen (secondary N) is 2. The Labute approximate surface area is 154 Å². The first-order valence-corrected chi connectivity index (χ1v) is 8.26. The summed E-state index contributed by atoms with van der Waals surface area (Å²) in [4.78, 5) is 13.1. The Bertz CT molecular complexity index is 792. The minimum absolute atomic E-state index is 0.552. The van der Waals surface area contributed by atoms with Crippen LogP contribution in [0.1, 0.15) is 16.7 Å². The number of carbonyl (C=O) groups excluding carboxylic acids is 1. The van der Waals surface area contributed by atoms with Crippen molar-refractivity contribution >= 4 is 17.7 Å². The van der Waals surface area contributed by atoms with Crippen molar-refractivity contribution in [3.63, 3.8) is 0 Å². The van der Waals surface area contributed by atoms with Crippen molar-refractivity contribution in [1.29, 1.82) is 0 Å². The van der Waals surface area contributed by atoms with Gasteiger partial charge in [-0.15, -0.1) is 6.42 Å². The number of benzene rings is 2. The van der Waals surface area contributed by atoms with Crippen LogP contribution in [0.2, 0.25) is 0 Å². The smallest absolute Gasteiger partial charge is 0.267 e. The molecule has 134 valence electrons. The van der Waals surface area contributed by atoms with Gasteiger partial charge in [-0.05, 0) is 41.9 Å². The summed E-state index contributed by atoms with van der Waals surface area (Å²) < 4.78 is 0. The maximum Gasteiger partial charge on any atom is 0.267 e. The molecule has 2 aromatic carbocycles. The summed E-state index contributed by atoms with van der Waals surface area (Å²) in [6.45, 7) is 2.13. The highest BCUT2D eigenvalue weighted by atomic mass is 16.5. The van der Waals surface area contributed by atoms with Crippen LogP contribution < -0.4 is 10.8 Å². The molecule has 0 spiro atoms. The number of carbonyl (C=O) groups is 1. The van der Waals surface area contributed by atoms with Gasteiger partial charge in [0.15, 0.2) is 0 Å². The lowest BCUT2D eigenvalue weighted by atomic mass is 10.1. The summed E-state index contributed by atoms with van der Waals surface area (Å²) in [7, 11) is 2.00. The van der Waals surface area contributed by atoms with Gasteiger partial charge in [0.05, 0.1) is 6.54 Å². The van der Waals surface area contributed by atoms with E-state index in [2.05, 4.69) is 28.3 Å². The quantitative estimate of drug-likeness (QED) is 0.297. The third-order valence-electron chi connectivity index (χ3n) is 3.75. The maximum absolute atomic E-state index is 11.0. The van der Waals surface area contributed by atoms with Gasteiger partial charge in [-0.25, -0.2) is 5.48 Å². The van der Waals surface area contributed by atoms with Crippen molar-refractivity contribution in [3.8, 4) is 12.3 Å². The number of terminal acetylenes is 1. The fraction of sp³-hybridized carbons (Fsp3) is 0.190. The number of rotatable bonds is 8.